The van der Waals surface area contributed by atoms with Crippen LogP contribution in [0.25, 0.3) is 5.76 Å². The number of morpholine rings is 1. The molecule has 0 spiro atoms. The Morgan fingerprint density at radius 2 is 1.84 bits per heavy atom. The van der Waals surface area contributed by atoms with Gasteiger partial charge in [-0.3, -0.25) is 14.5 Å². The van der Waals surface area contributed by atoms with Crippen LogP contribution in [-0.4, -0.2) is 83.5 Å². The van der Waals surface area contributed by atoms with E-state index in [1.54, 1.807) is 45.0 Å². The second-order valence-corrected chi connectivity index (χ2v) is 9.63. The summed E-state index contributed by atoms with van der Waals surface area (Å²) >= 11 is 6.10. The first-order chi connectivity index (χ1) is 17.7. The number of esters is 1. The van der Waals surface area contributed by atoms with Crippen molar-refractivity contribution in [1.29, 1.82) is 0 Å². The number of hydrogen-bond donors (Lipinski definition) is 2. The van der Waals surface area contributed by atoms with Crippen molar-refractivity contribution >= 4 is 35.0 Å². The maximum Gasteiger partial charge on any atom is 0.355 e. The van der Waals surface area contributed by atoms with E-state index in [1.165, 1.54) is 4.90 Å². The van der Waals surface area contributed by atoms with E-state index in [9.17, 15) is 19.5 Å². The van der Waals surface area contributed by atoms with Crippen molar-refractivity contribution < 1.29 is 29.0 Å². The van der Waals surface area contributed by atoms with E-state index in [0.29, 0.717) is 53.6 Å². The number of carbonyl (C=O) groups excluding carboxylic acids is 3. The molecule has 0 unspecified atom stereocenters. The number of ketones is 1. The number of aromatic amines is 1. The first-order valence-electron chi connectivity index (χ1n) is 12.4. The highest BCUT2D eigenvalue weighted by Crippen LogP contribution is 2.41. The van der Waals surface area contributed by atoms with Crippen molar-refractivity contribution in [3.05, 3.63) is 62.9 Å². The van der Waals surface area contributed by atoms with Crippen LogP contribution in [0.4, 0.5) is 0 Å². The second-order valence-electron chi connectivity index (χ2n) is 9.20. The number of nitrogens with one attached hydrogen (secondary N) is 1. The molecule has 0 radical (unpaired) electrons. The molecule has 198 valence electrons. The molecule has 9 nitrogen and oxygen atoms in total. The van der Waals surface area contributed by atoms with Crippen LogP contribution in [0.2, 0.25) is 5.02 Å². The van der Waals surface area contributed by atoms with Crippen molar-refractivity contribution in [3.63, 3.8) is 0 Å². The van der Waals surface area contributed by atoms with Crippen LogP contribution in [0.15, 0.2) is 29.8 Å². The normalized spacial score (nSPS) is 20.0. The predicted molar refractivity (Wildman–Crippen MR) is 139 cm³/mol. The molecule has 10 heteroatoms. The quantitative estimate of drug-likeness (QED) is 0.232. The molecule has 0 aliphatic carbocycles. The third-order valence-corrected chi connectivity index (χ3v) is 7.11. The van der Waals surface area contributed by atoms with Gasteiger partial charge < -0.3 is 24.5 Å². The number of aryl methyl sites for hydroxylation is 1. The molecule has 0 saturated carbocycles. The van der Waals surface area contributed by atoms with Gasteiger partial charge in [0.25, 0.3) is 11.7 Å². The molecular weight excluding hydrogens is 498 g/mol. The third-order valence-electron chi connectivity index (χ3n) is 6.86. The van der Waals surface area contributed by atoms with E-state index >= 15 is 0 Å². The summed E-state index contributed by atoms with van der Waals surface area (Å²) in [5.41, 5.74) is 2.09. The third kappa shape index (κ3) is 5.44. The molecule has 2 saturated heterocycles. The van der Waals surface area contributed by atoms with Gasteiger partial charge in [0.05, 0.1) is 31.4 Å². The number of carbonyl (C=O) groups is 3. The molecule has 1 atom stereocenters. The molecule has 2 fully saturated rings. The lowest BCUT2D eigenvalue weighted by atomic mass is 9.94. The first-order valence-corrected chi connectivity index (χ1v) is 12.8. The Hall–Kier alpha value is -3.14. The molecule has 0 bridgehead atoms. The van der Waals surface area contributed by atoms with E-state index in [1.807, 2.05) is 0 Å². The molecule has 37 heavy (non-hydrogen) atoms. The summed E-state index contributed by atoms with van der Waals surface area (Å²) < 4.78 is 10.5. The predicted octanol–water partition coefficient (Wildman–Crippen LogP) is 3.61. The lowest BCUT2D eigenvalue weighted by molar-refractivity contribution is -0.140. The minimum atomic E-state index is -0.790. The fraction of sp³-hybridized carbons (Fsp3) is 0.444. The molecule has 1 aromatic heterocycles. The van der Waals surface area contributed by atoms with Gasteiger partial charge in [-0.25, -0.2) is 4.79 Å². The summed E-state index contributed by atoms with van der Waals surface area (Å²) in [6.45, 7) is 9.38. The van der Waals surface area contributed by atoms with Crippen molar-refractivity contribution in [1.82, 2.24) is 14.8 Å². The number of aliphatic hydroxyl groups excluding tert-OH is 1. The summed E-state index contributed by atoms with van der Waals surface area (Å²) in [5, 5.41) is 12.0. The Balaban J connectivity index is 1.73. The SMILES string of the molecule is CCOC(=O)c1[nH]c(C)c(C(O)=C2C(=O)C(=O)N(CCCN3CCOCC3)[C@H]2c2ccc(Cl)cc2)c1C. The Morgan fingerprint density at radius 1 is 1.16 bits per heavy atom. The topological polar surface area (TPSA) is 112 Å². The number of nitrogens with zero attached hydrogens (tertiary/aromatic N) is 2. The van der Waals surface area contributed by atoms with E-state index in [0.717, 1.165) is 19.6 Å². The second kappa shape index (κ2) is 11.5. The number of aromatic nitrogens is 1. The number of halogens is 1. The summed E-state index contributed by atoms with van der Waals surface area (Å²) in [4.78, 5) is 45.7. The number of amides is 1. The molecule has 2 N–H and O–H groups in total. The zero-order valence-corrected chi connectivity index (χ0v) is 22.1. The van der Waals surface area contributed by atoms with E-state index in [2.05, 4.69) is 9.88 Å². The number of rotatable bonds is 8. The highest BCUT2D eigenvalue weighted by molar-refractivity contribution is 6.46. The van der Waals surface area contributed by atoms with Gasteiger partial charge in [-0.2, -0.15) is 0 Å². The average Bonchev–Trinajstić information content (AvgIpc) is 3.32. The van der Waals surface area contributed by atoms with E-state index < -0.39 is 23.7 Å². The van der Waals surface area contributed by atoms with E-state index in [-0.39, 0.29) is 23.6 Å². The lowest BCUT2D eigenvalue weighted by Crippen LogP contribution is -2.38. The Kier molecular flexibility index (Phi) is 8.36. The maximum absolute atomic E-state index is 13.3. The minimum absolute atomic E-state index is 0.0145. The van der Waals surface area contributed by atoms with Gasteiger partial charge in [-0.1, -0.05) is 23.7 Å². The van der Waals surface area contributed by atoms with Gasteiger partial charge >= 0.3 is 5.97 Å². The molecular formula is C27H32ClN3O6. The van der Waals surface area contributed by atoms with Gasteiger partial charge in [0.2, 0.25) is 0 Å². The van der Waals surface area contributed by atoms with E-state index in [4.69, 9.17) is 21.1 Å². The van der Waals surface area contributed by atoms with Gasteiger partial charge in [0.1, 0.15) is 11.5 Å². The summed E-state index contributed by atoms with van der Waals surface area (Å²) in [7, 11) is 0. The van der Waals surface area contributed by atoms with Crippen LogP contribution in [0.5, 0.6) is 0 Å². The molecule has 4 rings (SSSR count). The van der Waals surface area contributed by atoms with Crippen molar-refractivity contribution in [2.24, 2.45) is 0 Å². The Labute approximate surface area is 221 Å². The smallest absolute Gasteiger partial charge is 0.355 e. The van der Waals surface area contributed by atoms with Gasteiger partial charge in [0.15, 0.2) is 0 Å². The number of Topliss-reactive ketones (excluding diaryl/α,β-unsaturated/α-hetero) is 1. The standard InChI is InChI=1S/C27H32ClN3O6/c1-4-37-27(35)22-16(2)20(17(3)29-22)24(32)21-23(18-6-8-19(28)9-7-18)31(26(34)25(21)33)11-5-10-30-12-14-36-15-13-30/h6-9,23,29,32H,4-5,10-15H2,1-3H3/t23-/m0/s1. The van der Waals surface area contributed by atoms with Crippen molar-refractivity contribution in [2.45, 2.75) is 33.2 Å². The van der Waals surface area contributed by atoms with Crippen LogP contribution in [0.1, 0.15) is 52.3 Å². The van der Waals surface area contributed by atoms with Crippen LogP contribution in [0, 0.1) is 13.8 Å². The fourth-order valence-electron chi connectivity index (χ4n) is 5.04. The monoisotopic (exact) mass is 529 g/mol. The molecule has 1 aromatic carbocycles. The summed E-state index contributed by atoms with van der Waals surface area (Å²) in [5.74, 6) is -2.31. The lowest BCUT2D eigenvalue weighted by Gasteiger charge is -2.29. The molecule has 1 amide bonds. The highest BCUT2D eigenvalue weighted by atomic mass is 35.5. The number of H-pyrrole nitrogens is 1. The van der Waals surface area contributed by atoms with Crippen molar-refractivity contribution in [3.8, 4) is 0 Å². The Bertz CT molecular complexity index is 1210. The summed E-state index contributed by atoms with van der Waals surface area (Å²) in [6.07, 6.45) is 0.659. The molecule has 2 aliphatic heterocycles. The number of hydrogen-bond acceptors (Lipinski definition) is 7. The van der Waals surface area contributed by atoms with Crippen molar-refractivity contribution in [2.75, 3.05) is 46.0 Å². The van der Waals surface area contributed by atoms with Crippen LogP contribution < -0.4 is 0 Å². The zero-order chi connectivity index (χ0) is 26.7. The summed E-state index contributed by atoms with van der Waals surface area (Å²) in [6, 6.07) is 6.10. The fourth-order valence-corrected chi connectivity index (χ4v) is 5.16. The Morgan fingerprint density at radius 3 is 2.49 bits per heavy atom. The minimum Gasteiger partial charge on any atom is -0.507 e. The van der Waals surface area contributed by atoms with Gasteiger partial charge in [-0.15, -0.1) is 0 Å². The molecule has 3 heterocycles. The largest absolute Gasteiger partial charge is 0.507 e. The highest BCUT2D eigenvalue weighted by Gasteiger charge is 2.46. The van der Waals surface area contributed by atoms with Crippen LogP contribution >= 0.6 is 11.6 Å². The zero-order valence-electron chi connectivity index (χ0n) is 21.3. The van der Waals surface area contributed by atoms with Gasteiger partial charge in [0, 0.05) is 42.5 Å². The average molecular weight is 530 g/mol. The number of benzene rings is 1. The number of likely N-dealkylation sites (tertiary alicyclic amines) is 1. The number of aliphatic hydroxyl groups is 1. The first kappa shape index (κ1) is 26.9. The maximum atomic E-state index is 13.3. The molecule has 2 aromatic rings. The number of ether oxygens (including phenoxy) is 2. The van der Waals surface area contributed by atoms with Crippen LogP contribution in [0.3, 0.4) is 0 Å². The van der Waals surface area contributed by atoms with Crippen LogP contribution in [-0.2, 0) is 19.1 Å². The van der Waals surface area contributed by atoms with Gasteiger partial charge in [-0.05, 0) is 50.5 Å². The molecule has 2 aliphatic rings.